The molecule has 0 bridgehead atoms. The Bertz CT molecular complexity index is 1080. The lowest BCUT2D eigenvalue weighted by Crippen LogP contribution is -2.23. The predicted molar refractivity (Wildman–Crippen MR) is 101 cm³/mol. The molecule has 2 N–H and O–H groups in total. The molecule has 0 aliphatic heterocycles. The van der Waals surface area contributed by atoms with Gasteiger partial charge >= 0.3 is 0 Å². The fourth-order valence-corrected chi connectivity index (χ4v) is 3.51. The summed E-state index contributed by atoms with van der Waals surface area (Å²) in [5.74, 6) is -1.67. The highest BCUT2D eigenvalue weighted by molar-refractivity contribution is 9.10. The number of pyridine rings is 1. The van der Waals surface area contributed by atoms with E-state index in [1.807, 2.05) is 0 Å². The normalized spacial score (nSPS) is 12.1. The molecule has 1 aromatic carbocycles. The molecule has 0 fully saturated rings. The van der Waals surface area contributed by atoms with Gasteiger partial charge in [0.15, 0.2) is 5.82 Å². The average molecular weight is 444 g/mol. The third-order valence-corrected chi connectivity index (χ3v) is 6.19. The third-order valence-electron chi connectivity index (χ3n) is 4.01. The van der Waals surface area contributed by atoms with Crippen molar-refractivity contribution in [3.8, 4) is 0 Å². The molecule has 0 aliphatic rings. The van der Waals surface area contributed by atoms with Gasteiger partial charge < -0.3 is 4.98 Å². The highest BCUT2D eigenvalue weighted by Gasteiger charge is 2.21. The van der Waals surface area contributed by atoms with Gasteiger partial charge in [-0.3, -0.25) is 4.72 Å². The molecule has 9 heteroatoms. The van der Waals surface area contributed by atoms with Crippen molar-refractivity contribution in [1.82, 2.24) is 9.97 Å². The zero-order chi connectivity index (χ0) is 19.1. The number of nitrogens with one attached hydrogen (secondary N) is 2. The summed E-state index contributed by atoms with van der Waals surface area (Å²) in [6.07, 6.45) is 3.20. The van der Waals surface area contributed by atoms with E-state index in [1.54, 1.807) is 18.5 Å². The van der Waals surface area contributed by atoms with Crippen LogP contribution in [-0.4, -0.2) is 23.6 Å². The fourth-order valence-electron chi connectivity index (χ4n) is 2.48. The molecule has 26 heavy (non-hydrogen) atoms. The van der Waals surface area contributed by atoms with Gasteiger partial charge in [0.05, 0.1) is 10.9 Å². The van der Waals surface area contributed by atoms with Crippen LogP contribution in [0.15, 0.2) is 35.1 Å². The Balaban J connectivity index is 2.02. The lowest BCUT2D eigenvalue weighted by Gasteiger charge is -2.14. The smallest absolute Gasteiger partial charge is 0.235 e. The molecule has 3 aromatic rings. The lowest BCUT2D eigenvalue weighted by atomic mass is 10.0. The van der Waals surface area contributed by atoms with Crippen LogP contribution in [0, 0.1) is 11.6 Å². The fraction of sp³-hybridized carbons (Fsp3) is 0.235. The van der Waals surface area contributed by atoms with Crippen LogP contribution >= 0.6 is 15.9 Å². The first-order valence-electron chi connectivity index (χ1n) is 7.79. The number of H-pyrrole nitrogens is 1. The number of sulfonamides is 1. The number of hydrogen-bond donors (Lipinski definition) is 2. The van der Waals surface area contributed by atoms with Crippen LogP contribution in [0.1, 0.15) is 25.0 Å². The van der Waals surface area contributed by atoms with E-state index >= 15 is 0 Å². The van der Waals surface area contributed by atoms with Crippen molar-refractivity contribution in [2.75, 3.05) is 4.72 Å². The summed E-state index contributed by atoms with van der Waals surface area (Å²) in [5, 5.41) is -0.0150. The number of benzene rings is 1. The van der Waals surface area contributed by atoms with Crippen LogP contribution in [0.25, 0.3) is 11.0 Å². The quantitative estimate of drug-likeness (QED) is 0.615. The van der Waals surface area contributed by atoms with Gasteiger partial charge in [0.2, 0.25) is 10.0 Å². The van der Waals surface area contributed by atoms with E-state index in [1.165, 1.54) is 13.8 Å². The van der Waals surface area contributed by atoms with E-state index in [2.05, 4.69) is 30.6 Å². The van der Waals surface area contributed by atoms with Crippen molar-refractivity contribution in [1.29, 1.82) is 0 Å². The summed E-state index contributed by atoms with van der Waals surface area (Å²) in [6, 6.07) is 3.94. The molecular formula is C17H16BrF2N3O2S. The number of fused-ring (bicyclic) bond motifs is 1. The summed E-state index contributed by atoms with van der Waals surface area (Å²) in [4.78, 5) is 7.15. The molecule has 138 valence electrons. The Morgan fingerprint density at radius 2 is 2.04 bits per heavy atom. The Hall–Kier alpha value is -2.00. The monoisotopic (exact) mass is 443 g/mol. The van der Waals surface area contributed by atoms with Gasteiger partial charge in [-0.25, -0.2) is 22.2 Å². The predicted octanol–water partition coefficient (Wildman–Crippen LogP) is 4.34. The number of hydrogen-bond acceptors (Lipinski definition) is 3. The van der Waals surface area contributed by atoms with Crippen LogP contribution in [0.3, 0.4) is 0 Å². The first-order chi connectivity index (χ1) is 12.2. The second-order valence-corrected chi connectivity index (χ2v) is 9.28. The second-order valence-electron chi connectivity index (χ2n) is 6.12. The van der Waals surface area contributed by atoms with E-state index in [0.717, 1.165) is 22.0 Å². The maximum Gasteiger partial charge on any atom is 0.235 e. The highest BCUT2D eigenvalue weighted by atomic mass is 79.9. The molecule has 0 aliphatic carbocycles. The van der Waals surface area contributed by atoms with Gasteiger partial charge in [0.1, 0.15) is 11.5 Å². The van der Waals surface area contributed by atoms with Gasteiger partial charge in [-0.15, -0.1) is 0 Å². The molecular weight excluding hydrogens is 428 g/mol. The van der Waals surface area contributed by atoms with Crippen molar-refractivity contribution < 1.29 is 17.2 Å². The number of aromatic nitrogens is 2. The third kappa shape index (κ3) is 3.59. The van der Waals surface area contributed by atoms with Gasteiger partial charge in [-0.2, -0.15) is 0 Å². The van der Waals surface area contributed by atoms with Crippen molar-refractivity contribution >= 4 is 42.7 Å². The number of halogens is 3. The molecule has 5 nitrogen and oxygen atoms in total. The minimum atomic E-state index is -3.74. The van der Waals surface area contributed by atoms with E-state index in [9.17, 15) is 17.2 Å². The Morgan fingerprint density at radius 3 is 2.73 bits per heavy atom. The second kappa shape index (κ2) is 6.96. The maximum absolute atomic E-state index is 14.8. The van der Waals surface area contributed by atoms with Crippen LogP contribution in [-0.2, 0) is 16.4 Å². The van der Waals surface area contributed by atoms with E-state index < -0.39 is 26.9 Å². The van der Waals surface area contributed by atoms with E-state index in [-0.39, 0.29) is 17.7 Å². The van der Waals surface area contributed by atoms with Gasteiger partial charge in [-0.1, -0.05) is 0 Å². The molecule has 2 aromatic heterocycles. The maximum atomic E-state index is 14.8. The Morgan fingerprint density at radius 1 is 1.31 bits per heavy atom. The molecule has 0 radical (unpaired) electrons. The number of rotatable bonds is 5. The van der Waals surface area contributed by atoms with Crippen molar-refractivity contribution in [3.05, 3.63) is 57.8 Å². The minimum Gasteiger partial charge on any atom is -0.346 e. The molecule has 0 saturated heterocycles. The standard InChI is InChI=1S/C17H16BrF2N3O2S/c1-9(2)26(24,25)23-15-4-3-14(19)13(16(15)20)5-10-7-21-17-12(10)6-11(18)8-22-17/h3-4,6-9,23H,5H2,1-2H3,(H,21,22). The van der Waals surface area contributed by atoms with Gasteiger partial charge in [0.25, 0.3) is 0 Å². The first kappa shape index (κ1) is 18.8. The minimum absolute atomic E-state index is 0.0486. The summed E-state index contributed by atoms with van der Waals surface area (Å²) < 4.78 is 55.9. The summed E-state index contributed by atoms with van der Waals surface area (Å²) in [7, 11) is -3.74. The molecule has 3 rings (SSSR count). The van der Waals surface area contributed by atoms with Crippen molar-refractivity contribution in [3.63, 3.8) is 0 Å². The zero-order valence-corrected chi connectivity index (χ0v) is 16.4. The van der Waals surface area contributed by atoms with Crippen LogP contribution in [0.5, 0.6) is 0 Å². The van der Waals surface area contributed by atoms with Crippen LogP contribution in [0.4, 0.5) is 14.5 Å². The zero-order valence-electron chi connectivity index (χ0n) is 14.0. The van der Waals surface area contributed by atoms with Gasteiger partial charge in [-0.05, 0) is 53.5 Å². The van der Waals surface area contributed by atoms with Crippen LogP contribution in [0.2, 0.25) is 0 Å². The first-order valence-corrected chi connectivity index (χ1v) is 10.1. The van der Waals surface area contributed by atoms with E-state index in [4.69, 9.17) is 0 Å². The van der Waals surface area contributed by atoms with Crippen molar-refractivity contribution in [2.45, 2.75) is 25.5 Å². The topological polar surface area (TPSA) is 74.8 Å². The number of nitrogens with zero attached hydrogens (tertiary/aromatic N) is 1. The van der Waals surface area contributed by atoms with Crippen LogP contribution < -0.4 is 4.72 Å². The largest absolute Gasteiger partial charge is 0.346 e. The summed E-state index contributed by atoms with van der Waals surface area (Å²) >= 11 is 3.32. The Kier molecular flexibility index (Phi) is 5.03. The average Bonchev–Trinajstić information content (AvgIpc) is 2.96. The van der Waals surface area contributed by atoms with Gasteiger partial charge in [0, 0.05) is 34.2 Å². The molecule has 0 unspecified atom stereocenters. The number of aromatic amines is 1. The lowest BCUT2D eigenvalue weighted by molar-refractivity contribution is 0.562. The summed E-state index contributed by atoms with van der Waals surface area (Å²) in [5.41, 5.74) is 0.764. The molecule has 0 spiro atoms. The number of anilines is 1. The molecule has 2 heterocycles. The molecule has 0 saturated carbocycles. The SMILES string of the molecule is CC(C)S(=O)(=O)Nc1ccc(F)c(Cc2c[nH]c3ncc(Br)cc23)c1F. The van der Waals surface area contributed by atoms with E-state index in [0.29, 0.717) is 11.2 Å². The molecule has 0 amide bonds. The summed E-state index contributed by atoms with van der Waals surface area (Å²) in [6.45, 7) is 2.95. The Labute approximate surface area is 158 Å². The molecule has 0 atom stereocenters. The van der Waals surface area contributed by atoms with Crippen molar-refractivity contribution in [2.24, 2.45) is 0 Å². The highest BCUT2D eigenvalue weighted by Crippen LogP contribution is 2.28.